The second kappa shape index (κ2) is 4.42. The Morgan fingerprint density at radius 2 is 2.25 bits per heavy atom. The second-order valence-electron chi connectivity index (χ2n) is 5.05. The lowest BCUT2D eigenvalue weighted by atomic mass is 10.0. The van der Waals surface area contributed by atoms with Crippen LogP contribution in [0.5, 0.6) is 0 Å². The zero-order valence-electron chi connectivity index (χ0n) is 10.4. The predicted molar refractivity (Wildman–Crippen MR) is 67.9 cm³/mol. The normalized spacial score (nSPS) is 20.8. The molecule has 88 valence electrons. The van der Waals surface area contributed by atoms with Gasteiger partial charge in [0.25, 0.3) is 0 Å². The maximum absolute atomic E-state index is 5.91. The number of aryl methyl sites for hydroxylation is 1. The van der Waals surface area contributed by atoms with Crippen molar-refractivity contribution >= 4 is 5.82 Å². The lowest BCUT2D eigenvalue weighted by Gasteiger charge is -2.19. The molecule has 0 bridgehead atoms. The lowest BCUT2D eigenvalue weighted by molar-refractivity contribution is 0.751. The maximum atomic E-state index is 5.91. The zero-order chi connectivity index (χ0) is 11.7. The number of pyridine rings is 1. The van der Waals surface area contributed by atoms with Gasteiger partial charge in [-0.15, -0.1) is 0 Å². The number of hydrogen-bond acceptors (Lipinski definition) is 3. The molecule has 16 heavy (non-hydrogen) atoms. The first-order chi connectivity index (χ1) is 7.58. The molecule has 1 fully saturated rings. The first-order valence-corrected chi connectivity index (χ1v) is 6.05. The Kier molecular flexibility index (Phi) is 3.15. The number of hydrogen-bond donors (Lipinski definition) is 1. The van der Waals surface area contributed by atoms with E-state index in [1.807, 2.05) is 6.20 Å². The summed E-state index contributed by atoms with van der Waals surface area (Å²) in [6.45, 7) is 8.55. The number of nitrogens with two attached hydrogens (primary N) is 1. The molecule has 1 aliphatic rings. The number of anilines is 1. The van der Waals surface area contributed by atoms with Crippen LogP contribution in [0.4, 0.5) is 5.82 Å². The average Bonchev–Trinajstić information content (AvgIpc) is 2.64. The Hall–Kier alpha value is -1.09. The first kappa shape index (κ1) is 11.4. The fourth-order valence-electron chi connectivity index (χ4n) is 2.32. The van der Waals surface area contributed by atoms with Crippen LogP contribution in [0.3, 0.4) is 0 Å². The van der Waals surface area contributed by atoms with Crippen molar-refractivity contribution in [3.8, 4) is 0 Å². The Morgan fingerprint density at radius 1 is 1.50 bits per heavy atom. The highest BCUT2D eigenvalue weighted by Crippen LogP contribution is 2.23. The Bertz CT molecular complexity index is 373. The van der Waals surface area contributed by atoms with Crippen LogP contribution in [-0.2, 0) is 0 Å². The molecule has 0 spiro atoms. The summed E-state index contributed by atoms with van der Waals surface area (Å²) in [5.41, 5.74) is 8.58. The van der Waals surface area contributed by atoms with Crippen molar-refractivity contribution in [2.24, 2.45) is 5.73 Å². The summed E-state index contributed by atoms with van der Waals surface area (Å²) in [5.74, 6) is 1.62. The van der Waals surface area contributed by atoms with E-state index in [2.05, 4.69) is 36.7 Å². The van der Waals surface area contributed by atoms with E-state index >= 15 is 0 Å². The van der Waals surface area contributed by atoms with E-state index in [0.29, 0.717) is 12.0 Å². The van der Waals surface area contributed by atoms with Crippen LogP contribution < -0.4 is 10.6 Å². The molecule has 0 saturated carbocycles. The third-order valence-electron chi connectivity index (χ3n) is 3.31. The van der Waals surface area contributed by atoms with Crippen LogP contribution in [0.15, 0.2) is 12.3 Å². The summed E-state index contributed by atoms with van der Waals surface area (Å²) >= 11 is 0. The van der Waals surface area contributed by atoms with E-state index in [1.54, 1.807) is 0 Å². The number of nitrogens with zero attached hydrogens (tertiary/aromatic N) is 2. The van der Waals surface area contributed by atoms with Crippen molar-refractivity contribution < 1.29 is 0 Å². The van der Waals surface area contributed by atoms with Gasteiger partial charge in [0.2, 0.25) is 0 Å². The number of aromatic nitrogens is 1. The van der Waals surface area contributed by atoms with Crippen LogP contribution in [-0.4, -0.2) is 24.1 Å². The van der Waals surface area contributed by atoms with Gasteiger partial charge in [-0.05, 0) is 36.5 Å². The fraction of sp³-hybridized carbons (Fsp3) is 0.615. The summed E-state index contributed by atoms with van der Waals surface area (Å²) < 4.78 is 0. The van der Waals surface area contributed by atoms with Gasteiger partial charge >= 0.3 is 0 Å². The van der Waals surface area contributed by atoms with Gasteiger partial charge in [-0.2, -0.15) is 0 Å². The molecule has 1 atom stereocenters. The molecular formula is C13H21N3. The Morgan fingerprint density at radius 3 is 2.75 bits per heavy atom. The molecule has 1 aromatic heterocycles. The van der Waals surface area contributed by atoms with Gasteiger partial charge in [0.15, 0.2) is 0 Å². The monoisotopic (exact) mass is 219 g/mol. The molecule has 1 aromatic rings. The predicted octanol–water partition coefficient (Wildman–Crippen LogP) is 2.05. The van der Waals surface area contributed by atoms with Gasteiger partial charge < -0.3 is 10.6 Å². The summed E-state index contributed by atoms with van der Waals surface area (Å²) in [6.07, 6.45) is 3.09. The molecule has 3 nitrogen and oxygen atoms in total. The van der Waals surface area contributed by atoms with Crippen molar-refractivity contribution in [1.29, 1.82) is 0 Å². The molecule has 0 amide bonds. The van der Waals surface area contributed by atoms with Crippen molar-refractivity contribution in [2.75, 3.05) is 18.0 Å². The van der Waals surface area contributed by atoms with E-state index in [4.69, 9.17) is 5.73 Å². The zero-order valence-corrected chi connectivity index (χ0v) is 10.4. The Labute approximate surface area is 97.7 Å². The summed E-state index contributed by atoms with van der Waals surface area (Å²) in [5, 5.41) is 0. The van der Waals surface area contributed by atoms with E-state index in [9.17, 15) is 0 Å². The van der Waals surface area contributed by atoms with Crippen molar-refractivity contribution in [2.45, 2.75) is 39.2 Å². The molecule has 1 aliphatic heterocycles. The molecule has 1 saturated heterocycles. The lowest BCUT2D eigenvalue weighted by Crippen LogP contribution is -2.26. The SMILES string of the molecule is Cc1cc(N2CCC(N)C2)ncc1C(C)C. The fourth-order valence-corrected chi connectivity index (χ4v) is 2.32. The Balaban J connectivity index is 2.21. The summed E-state index contributed by atoms with van der Waals surface area (Å²) in [7, 11) is 0. The largest absolute Gasteiger partial charge is 0.355 e. The van der Waals surface area contributed by atoms with Gasteiger partial charge in [-0.3, -0.25) is 0 Å². The van der Waals surface area contributed by atoms with E-state index in [1.165, 1.54) is 11.1 Å². The quantitative estimate of drug-likeness (QED) is 0.827. The molecule has 0 radical (unpaired) electrons. The van der Waals surface area contributed by atoms with Crippen LogP contribution in [0, 0.1) is 6.92 Å². The highest BCUT2D eigenvalue weighted by molar-refractivity contribution is 5.45. The molecule has 2 N–H and O–H groups in total. The molecule has 0 aromatic carbocycles. The minimum Gasteiger partial charge on any atom is -0.355 e. The molecule has 3 heteroatoms. The van der Waals surface area contributed by atoms with Gasteiger partial charge in [0.05, 0.1) is 0 Å². The van der Waals surface area contributed by atoms with Crippen LogP contribution in [0.1, 0.15) is 37.3 Å². The highest BCUT2D eigenvalue weighted by atomic mass is 15.2. The summed E-state index contributed by atoms with van der Waals surface area (Å²) in [4.78, 5) is 6.83. The topological polar surface area (TPSA) is 42.1 Å². The summed E-state index contributed by atoms with van der Waals surface area (Å²) in [6, 6.07) is 2.50. The minimum absolute atomic E-state index is 0.312. The minimum atomic E-state index is 0.312. The third kappa shape index (κ3) is 2.19. The van der Waals surface area contributed by atoms with Gasteiger partial charge in [-0.25, -0.2) is 4.98 Å². The molecular weight excluding hydrogens is 198 g/mol. The van der Waals surface area contributed by atoms with Crippen LogP contribution in [0.25, 0.3) is 0 Å². The highest BCUT2D eigenvalue weighted by Gasteiger charge is 2.20. The smallest absolute Gasteiger partial charge is 0.128 e. The van der Waals surface area contributed by atoms with Gasteiger partial charge in [0, 0.05) is 25.3 Å². The van der Waals surface area contributed by atoms with Crippen molar-refractivity contribution in [3.63, 3.8) is 0 Å². The van der Waals surface area contributed by atoms with E-state index in [0.717, 1.165) is 25.3 Å². The van der Waals surface area contributed by atoms with Crippen molar-refractivity contribution in [1.82, 2.24) is 4.98 Å². The average molecular weight is 219 g/mol. The standard InChI is InChI=1S/C13H21N3/c1-9(2)12-7-15-13(6-10(12)3)16-5-4-11(14)8-16/h6-7,9,11H,4-5,8,14H2,1-3H3. The molecule has 2 rings (SSSR count). The number of rotatable bonds is 2. The van der Waals surface area contributed by atoms with Gasteiger partial charge in [0.1, 0.15) is 5.82 Å². The van der Waals surface area contributed by atoms with E-state index < -0.39 is 0 Å². The van der Waals surface area contributed by atoms with Crippen molar-refractivity contribution in [3.05, 3.63) is 23.4 Å². The molecule has 0 aliphatic carbocycles. The van der Waals surface area contributed by atoms with Crippen LogP contribution >= 0.6 is 0 Å². The molecule has 1 unspecified atom stereocenters. The third-order valence-corrected chi connectivity index (χ3v) is 3.31. The maximum Gasteiger partial charge on any atom is 0.128 e. The van der Waals surface area contributed by atoms with Crippen LogP contribution in [0.2, 0.25) is 0 Å². The second-order valence-corrected chi connectivity index (χ2v) is 5.05. The molecule has 2 heterocycles. The van der Waals surface area contributed by atoms with E-state index in [-0.39, 0.29) is 0 Å². The first-order valence-electron chi connectivity index (χ1n) is 6.05. The van der Waals surface area contributed by atoms with Gasteiger partial charge in [-0.1, -0.05) is 13.8 Å².